The number of nitrogens with zero attached hydrogens (tertiary/aromatic N) is 2. The smallest absolute Gasteiger partial charge is 0.253 e. The first-order valence-electron chi connectivity index (χ1n) is 8.85. The first-order valence-corrected chi connectivity index (χ1v) is 8.85. The molecule has 0 radical (unpaired) electrons. The van der Waals surface area contributed by atoms with Gasteiger partial charge in [-0.3, -0.25) is 14.5 Å². The highest BCUT2D eigenvalue weighted by molar-refractivity contribution is 5.91. The van der Waals surface area contributed by atoms with Gasteiger partial charge in [-0.15, -0.1) is 0 Å². The van der Waals surface area contributed by atoms with Gasteiger partial charge in [0.1, 0.15) is 5.76 Å². The Bertz CT molecular complexity index is 626. The zero-order valence-electron chi connectivity index (χ0n) is 14.8. The molecule has 2 aliphatic rings. The van der Waals surface area contributed by atoms with Crippen molar-refractivity contribution in [1.82, 2.24) is 15.4 Å². The summed E-state index contributed by atoms with van der Waals surface area (Å²) in [5.74, 6) is 0.765. The maximum Gasteiger partial charge on any atom is 0.253 e. The Morgan fingerprint density at radius 2 is 2.16 bits per heavy atom. The van der Waals surface area contributed by atoms with Crippen molar-refractivity contribution in [2.45, 2.75) is 51.2 Å². The zero-order valence-corrected chi connectivity index (χ0v) is 14.8. The third-order valence-electron chi connectivity index (χ3n) is 4.79. The van der Waals surface area contributed by atoms with Crippen LogP contribution in [0.25, 0.3) is 0 Å². The Hall–Kier alpha value is -1.93. The average Bonchev–Trinajstić information content (AvgIpc) is 3.19. The van der Waals surface area contributed by atoms with E-state index in [4.69, 9.17) is 9.26 Å². The van der Waals surface area contributed by atoms with E-state index in [1.165, 1.54) is 0 Å². The molecule has 0 aromatic carbocycles. The Kier molecular flexibility index (Phi) is 5.39. The fourth-order valence-electron chi connectivity index (χ4n) is 3.44. The van der Waals surface area contributed by atoms with Gasteiger partial charge in [-0.25, -0.2) is 0 Å². The molecule has 1 aromatic heterocycles. The normalized spacial score (nSPS) is 25.0. The van der Waals surface area contributed by atoms with E-state index in [2.05, 4.69) is 15.8 Å². The van der Waals surface area contributed by atoms with Gasteiger partial charge in [0.15, 0.2) is 11.4 Å². The minimum atomic E-state index is -0.925. The fraction of sp³-hybridized carbons (Fsp3) is 0.706. The molecule has 1 saturated carbocycles. The number of amides is 2. The number of aryl methyl sites for hydroxylation is 1. The fourth-order valence-corrected chi connectivity index (χ4v) is 3.44. The van der Waals surface area contributed by atoms with Crippen molar-refractivity contribution in [1.29, 1.82) is 0 Å². The number of rotatable bonds is 5. The van der Waals surface area contributed by atoms with Crippen LogP contribution in [-0.2, 0) is 14.3 Å². The summed E-state index contributed by atoms with van der Waals surface area (Å²) >= 11 is 0. The first kappa shape index (κ1) is 17.9. The number of aromatic nitrogens is 1. The van der Waals surface area contributed by atoms with Crippen molar-refractivity contribution >= 4 is 17.6 Å². The molecule has 2 fully saturated rings. The second kappa shape index (κ2) is 7.53. The van der Waals surface area contributed by atoms with E-state index < -0.39 is 5.60 Å². The molecule has 1 atom stereocenters. The molecule has 2 heterocycles. The van der Waals surface area contributed by atoms with Crippen LogP contribution in [0.5, 0.6) is 0 Å². The molecule has 1 aliphatic heterocycles. The molecule has 0 unspecified atom stereocenters. The van der Waals surface area contributed by atoms with E-state index in [1.807, 2.05) is 4.90 Å². The van der Waals surface area contributed by atoms with Crippen molar-refractivity contribution in [3.63, 3.8) is 0 Å². The highest BCUT2D eigenvalue weighted by Crippen LogP contribution is 2.22. The summed E-state index contributed by atoms with van der Waals surface area (Å²) in [5, 5.41) is 9.54. The van der Waals surface area contributed by atoms with Crippen LogP contribution < -0.4 is 10.6 Å². The Balaban J connectivity index is 1.52. The van der Waals surface area contributed by atoms with E-state index in [0.29, 0.717) is 31.3 Å². The highest BCUT2D eigenvalue weighted by Gasteiger charge is 2.40. The largest absolute Gasteiger partial charge is 0.363 e. The third-order valence-corrected chi connectivity index (χ3v) is 4.79. The van der Waals surface area contributed by atoms with Gasteiger partial charge in [-0.2, -0.15) is 0 Å². The topological polar surface area (TPSA) is 96.7 Å². The quantitative estimate of drug-likeness (QED) is 0.825. The molecule has 138 valence electrons. The van der Waals surface area contributed by atoms with E-state index in [9.17, 15) is 9.59 Å². The van der Waals surface area contributed by atoms with E-state index in [0.717, 1.165) is 25.7 Å². The highest BCUT2D eigenvalue weighted by atomic mass is 16.5. The summed E-state index contributed by atoms with van der Waals surface area (Å²) in [6, 6.07) is 1.91. The van der Waals surface area contributed by atoms with Gasteiger partial charge >= 0.3 is 0 Å². The monoisotopic (exact) mass is 350 g/mol. The van der Waals surface area contributed by atoms with Crippen molar-refractivity contribution in [2.24, 2.45) is 0 Å². The van der Waals surface area contributed by atoms with Gasteiger partial charge in [-0.1, -0.05) is 18.0 Å². The van der Waals surface area contributed by atoms with Crippen molar-refractivity contribution in [3.8, 4) is 0 Å². The van der Waals surface area contributed by atoms with Gasteiger partial charge < -0.3 is 19.9 Å². The van der Waals surface area contributed by atoms with Gasteiger partial charge in [0, 0.05) is 25.2 Å². The van der Waals surface area contributed by atoms with Crippen LogP contribution in [0.3, 0.4) is 0 Å². The van der Waals surface area contributed by atoms with Crippen LogP contribution in [0, 0.1) is 6.92 Å². The molecule has 1 saturated heterocycles. The Labute approximate surface area is 147 Å². The lowest BCUT2D eigenvalue weighted by molar-refractivity contribution is -0.158. The molecule has 3 rings (SSSR count). The van der Waals surface area contributed by atoms with Crippen LogP contribution in [0.15, 0.2) is 10.6 Å². The molecule has 8 heteroatoms. The predicted molar refractivity (Wildman–Crippen MR) is 91.1 cm³/mol. The first-order chi connectivity index (χ1) is 11.9. The van der Waals surface area contributed by atoms with Crippen LogP contribution in [0.2, 0.25) is 0 Å². The molecular formula is C17H26N4O4. The van der Waals surface area contributed by atoms with Crippen LogP contribution >= 0.6 is 0 Å². The number of anilines is 1. The predicted octanol–water partition coefficient (Wildman–Crippen LogP) is 1.07. The van der Waals surface area contributed by atoms with Gasteiger partial charge in [0.05, 0.1) is 13.2 Å². The van der Waals surface area contributed by atoms with Crippen LogP contribution in [0.4, 0.5) is 5.82 Å². The second-order valence-corrected chi connectivity index (χ2v) is 7.12. The molecule has 1 aromatic rings. The number of carbonyl (C=O) groups is 2. The van der Waals surface area contributed by atoms with Crippen LogP contribution in [-0.4, -0.2) is 59.8 Å². The molecule has 0 spiro atoms. The average molecular weight is 350 g/mol. The van der Waals surface area contributed by atoms with Crippen molar-refractivity contribution in [3.05, 3.63) is 11.8 Å². The molecule has 25 heavy (non-hydrogen) atoms. The third kappa shape index (κ3) is 4.58. The van der Waals surface area contributed by atoms with Crippen LogP contribution in [0.1, 0.15) is 38.4 Å². The second-order valence-electron chi connectivity index (χ2n) is 7.12. The minimum Gasteiger partial charge on any atom is -0.363 e. The molecular weight excluding hydrogens is 324 g/mol. The summed E-state index contributed by atoms with van der Waals surface area (Å²) in [5.41, 5.74) is -0.925. The summed E-state index contributed by atoms with van der Waals surface area (Å²) in [6.45, 7) is 5.16. The summed E-state index contributed by atoms with van der Waals surface area (Å²) < 4.78 is 10.7. The van der Waals surface area contributed by atoms with E-state index in [-0.39, 0.29) is 24.4 Å². The lowest BCUT2D eigenvalue weighted by atomic mass is 10.0. The van der Waals surface area contributed by atoms with E-state index >= 15 is 0 Å². The zero-order chi connectivity index (χ0) is 17.9. The molecule has 2 amide bonds. The van der Waals surface area contributed by atoms with Crippen molar-refractivity contribution < 1.29 is 18.8 Å². The number of morpholine rings is 1. The van der Waals surface area contributed by atoms with Gasteiger partial charge in [0.2, 0.25) is 5.91 Å². The Morgan fingerprint density at radius 3 is 2.84 bits per heavy atom. The maximum absolute atomic E-state index is 12.6. The number of hydrogen-bond donors (Lipinski definition) is 2. The summed E-state index contributed by atoms with van der Waals surface area (Å²) in [4.78, 5) is 26.7. The minimum absolute atomic E-state index is 0.0864. The molecule has 1 aliphatic carbocycles. The Morgan fingerprint density at radius 1 is 1.40 bits per heavy atom. The summed E-state index contributed by atoms with van der Waals surface area (Å²) in [6.07, 6.45) is 4.39. The number of carbonyl (C=O) groups excluding carboxylic acids is 2. The van der Waals surface area contributed by atoms with E-state index in [1.54, 1.807) is 19.9 Å². The van der Waals surface area contributed by atoms with Gasteiger partial charge in [0.25, 0.3) is 5.91 Å². The lowest BCUT2D eigenvalue weighted by Gasteiger charge is -2.39. The summed E-state index contributed by atoms with van der Waals surface area (Å²) in [7, 11) is 0. The number of nitrogens with one attached hydrogen (secondary N) is 2. The molecule has 2 N–H and O–H groups in total. The SMILES string of the molecule is Cc1cc(NC(=O)CN2CCO[C@](C)(C(=O)NC3CCCC3)C2)no1. The standard InChI is InChI=1S/C17H26N4O4/c1-12-9-14(20-25-12)19-15(22)10-21-7-8-24-17(2,11-21)16(23)18-13-5-3-4-6-13/h9,13H,3-8,10-11H2,1-2H3,(H,18,23)(H,19,20,22)/t17-/m0/s1. The molecule has 8 nitrogen and oxygen atoms in total. The maximum atomic E-state index is 12.6. The lowest BCUT2D eigenvalue weighted by Crippen LogP contribution is -2.60. The number of ether oxygens (including phenoxy) is 1. The molecule has 0 bridgehead atoms. The van der Waals surface area contributed by atoms with Gasteiger partial charge in [-0.05, 0) is 26.7 Å². The van der Waals surface area contributed by atoms with Crippen molar-refractivity contribution in [2.75, 3.05) is 31.6 Å². The number of hydrogen-bond acceptors (Lipinski definition) is 6.